The minimum Gasteiger partial charge on any atom is -0.386 e. The molecule has 1 N–H and O–H groups in total. The second-order valence-corrected chi connectivity index (χ2v) is 4.70. The zero-order valence-electron chi connectivity index (χ0n) is 10.1. The smallest absolute Gasteiger partial charge is 0.253 e. The standard InChI is InChI=1S/C13H17NO3/c1-13(2,16)10-3-5-11(6-4-10)14-7-8-17-9-12(14)15/h3-6,16H,7-9H2,1-2H3. The Kier molecular flexibility index (Phi) is 3.17. The van der Waals surface area contributed by atoms with E-state index in [0.717, 1.165) is 11.3 Å². The van der Waals surface area contributed by atoms with Crippen LogP contribution in [-0.2, 0) is 15.1 Å². The normalized spacial score (nSPS) is 17.4. The van der Waals surface area contributed by atoms with Crippen molar-refractivity contribution in [1.29, 1.82) is 0 Å². The maximum absolute atomic E-state index is 11.6. The first-order valence-corrected chi connectivity index (χ1v) is 5.69. The van der Waals surface area contributed by atoms with Crippen molar-refractivity contribution in [2.75, 3.05) is 24.7 Å². The van der Waals surface area contributed by atoms with Crippen molar-refractivity contribution in [2.45, 2.75) is 19.4 Å². The number of ether oxygens (including phenoxy) is 1. The Labute approximate surface area is 101 Å². The van der Waals surface area contributed by atoms with Crippen LogP contribution in [0.15, 0.2) is 24.3 Å². The molecule has 1 saturated heterocycles. The average Bonchev–Trinajstić information content (AvgIpc) is 2.29. The molecule has 0 aromatic heterocycles. The molecule has 2 rings (SSSR count). The summed E-state index contributed by atoms with van der Waals surface area (Å²) in [6.45, 7) is 4.77. The zero-order chi connectivity index (χ0) is 12.5. The lowest BCUT2D eigenvalue weighted by atomic mass is 9.98. The van der Waals surface area contributed by atoms with Crippen LogP contribution in [0, 0.1) is 0 Å². The molecule has 1 amide bonds. The zero-order valence-corrected chi connectivity index (χ0v) is 10.1. The van der Waals surface area contributed by atoms with Crippen LogP contribution < -0.4 is 4.90 Å². The highest BCUT2D eigenvalue weighted by Gasteiger charge is 2.21. The summed E-state index contributed by atoms with van der Waals surface area (Å²) in [6, 6.07) is 7.41. The third-order valence-corrected chi connectivity index (χ3v) is 2.87. The Morgan fingerprint density at radius 1 is 1.29 bits per heavy atom. The minimum atomic E-state index is -0.854. The maximum atomic E-state index is 11.6. The van der Waals surface area contributed by atoms with Gasteiger partial charge < -0.3 is 14.7 Å². The lowest BCUT2D eigenvalue weighted by Gasteiger charge is -2.27. The monoisotopic (exact) mass is 235 g/mol. The van der Waals surface area contributed by atoms with Gasteiger partial charge in [0.1, 0.15) is 6.61 Å². The molecule has 1 aliphatic heterocycles. The van der Waals surface area contributed by atoms with E-state index in [2.05, 4.69) is 0 Å². The fourth-order valence-electron chi connectivity index (χ4n) is 1.84. The van der Waals surface area contributed by atoms with Crippen molar-refractivity contribution in [3.8, 4) is 0 Å². The molecule has 1 aliphatic rings. The molecule has 0 spiro atoms. The van der Waals surface area contributed by atoms with Gasteiger partial charge in [0.2, 0.25) is 0 Å². The van der Waals surface area contributed by atoms with Gasteiger partial charge in [-0.05, 0) is 31.5 Å². The highest BCUT2D eigenvalue weighted by molar-refractivity contribution is 5.94. The van der Waals surface area contributed by atoms with E-state index >= 15 is 0 Å². The van der Waals surface area contributed by atoms with Crippen LogP contribution >= 0.6 is 0 Å². The van der Waals surface area contributed by atoms with Gasteiger partial charge in [0.15, 0.2) is 0 Å². The van der Waals surface area contributed by atoms with E-state index in [1.165, 1.54) is 0 Å². The molecule has 1 aromatic rings. The molecule has 0 saturated carbocycles. The van der Waals surface area contributed by atoms with Crippen molar-refractivity contribution < 1.29 is 14.6 Å². The summed E-state index contributed by atoms with van der Waals surface area (Å²) in [5.74, 6) is -0.0211. The van der Waals surface area contributed by atoms with Gasteiger partial charge in [0.05, 0.1) is 12.2 Å². The van der Waals surface area contributed by atoms with Crippen LogP contribution in [-0.4, -0.2) is 30.8 Å². The Morgan fingerprint density at radius 3 is 2.47 bits per heavy atom. The first-order chi connectivity index (χ1) is 7.98. The first-order valence-electron chi connectivity index (χ1n) is 5.69. The van der Waals surface area contributed by atoms with Crippen LogP contribution in [0.2, 0.25) is 0 Å². The predicted octanol–water partition coefficient (Wildman–Crippen LogP) is 1.28. The van der Waals surface area contributed by atoms with E-state index in [1.807, 2.05) is 24.3 Å². The molecule has 4 nitrogen and oxygen atoms in total. The lowest BCUT2D eigenvalue weighted by molar-refractivity contribution is -0.125. The van der Waals surface area contributed by atoms with Crippen molar-refractivity contribution in [2.24, 2.45) is 0 Å². The minimum absolute atomic E-state index is 0.0211. The number of carbonyl (C=O) groups excluding carboxylic acids is 1. The number of morpholine rings is 1. The van der Waals surface area contributed by atoms with Gasteiger partial charge in [-0.25, -0.2) is 0 Å². The second kappa shape index (κ2) is 4.47. The number of anilines is 1. The summed E-state index contributed by atoms with van der Waals surface area (Å²) in [4.78, 5) is 13.3. The molecule has 1 aromatic carbocycles. The lowest BCUT2D eigenvalue weighted by Crippen LogP contribution is -2.41. The highest BCUT2D eigenvalue weighted by atomic mass is 16.5. The van der Waals surface area contributed by atoms with Gasteiger partial charge >= 0.3 is 0 Å². The first kappa shape index (κ1) is 12.1. The van der Waals surface area contributed by atoms with Crippen LogP contribution in [0.4, 0.5) is 5.69 Å². The molecule has 1 heterocycles. The molecule has 0 radical (unpaired) electrons. The van der Waals surface area contributed by atoms with Gasteiger partial charge in [-0.15, -0.1) is 0 Å². The van der Waals surface area contributed by atoms with Gasteiger partial charge in [0.25, 0.3) is 5.91 Å². The SMILES string of the molecule is CC(C)(O)c1ccc(N2CCOCC2=O)cc1. The fraction of sp³-hybridized carbons (Fsp3) is 0.462. The van der Waals surface area contributed by atoms with Gasteiger partial charge in [-0.1, -0.05) is 12.1 Å². The maximum Gasteiger partial charge on any atom is 0.253 e. The molecular weight excluding hydrogens is 218 g/mol. The van der Waals surface area contributed by atoms with Gasteiger partial charge in [0, 0.05) is 12.2 Å². The third-order valence-electron chi connectivity index (χ3n) is 2.87. The van der Waals surface area contributed by atoms with E-state index < -0.39 is 5.60 Å². The van der Waals surface area contributed by atoms with Crippen LogP contribution in [0.5, 0.6) is 0 Å². The van der Waals surface area contributed by atoms with E-state index in [-0.39, 0.29) is 12.5 Å². The van der Waals surface area contributed by atoms with Crippen molar-refractivity contribution in [3.63, 3.8) is 0 Å². The average molecular weight is 235 g/mol. The van der Waals surface area contributed by atoms with Crippen molar-refractivity contribution in [1.82, 2.24) is 0 Å². The number of aliphatic hydroxyl groups is 1. The largest absolute Gasteiger partial charge is 0.386 e. The van der Waals surface area contributed by atoms with Crippen LogP contribution in [0.3, 0.4) is 0 Å². The molecular formula is C13H17NO3. The Hall–Kier alpha value is -1.39. The molecule has 0 aliphatic carbocycles. The van der Waals surface area contributed by atoms with E-state index in [9.17, 15) is 9.90 Å². The Bertz CT molecular complexity index is 406. The summed E-state index contributed by atoms with van der Waals surface area (Å²) in [5, 5.41) is 9.84. The van der Waals surface area contributed by atoms with Crippen LogP contribution in [0.25, 0.3) is 0 Å². The Balaban J connectivity index is 2.20. The number of nitrogens with zero attached hydrogens (tertiary/aromatic N) is 1. The summed E-state index contributed by atoms with van der Waals surface area (Å²) < 4.78 is 5.08. The fourth-order valence-corrected chi connectivity index (χ4v) is 1.84. The van der Waals surface area contributed by atoms with E-state index in [4.69, 9.17) is 4.74 Å². The molecule has 0 atom stereocenters. The molecule has 0 unspecified atom stereocenters. The van der Waals surface area contributed by atoms with Gasteiger partial charge in [-0.2, -0.15) is 0 Å². The van der Waals surface area contributed by atoms with Crippen molar-refractivity contribution >= 4 is 11.6 Å². The third kappa shape index (κ3) is 2.65. The quantitative estimate of drug-likeness (QED) is 0.840. The number of hydrogen-bond acceptors (Lipinski definition) is 3. The summed E-state index contributed by atoms with van der Waals surface area (Å²) >= 11 is 0. The topological polar surface area (TPSA) is 49.8 Å². The molecule has 92 valence electrons. The van der Waals surface area contributed by atoms with Gasteiger partial charge in [-0.3, -0.25) is 4.79 Å². The number of rotatable bonds is 2. The summed E-state index contributed by atoms with van der Waals surface area (Å²) in [7, 11) is 0. The highest BCUT2D eigenvalue weighted by Crippen LogP contribution is 2.23. The molecule has 4 heteroatoms. The van der Waals surface area contributed by atoms with Crippen LogP contribution in [0.1, 0.15) is 19.4 Å². The van der Waals surface area contributed by atoms with Crippen molar-refractivity contribution in [3.05, 3.63) is 29.8 Å². The van der Waals surface area contributed by atoms with E-state index in [0.29, 0.717) is 13.2 Å². The van der Waals surface area contributed by atoms with E-state index in [1.54, 1.807) is 18.7 Å². The molecule has 0 bridgehead atoms. The summed E-state index contributed by atoms with van der Waals surface area (Å²) in [6.07, 6.45) is 0. The number of amides is 1. The predicted molar refractivity (Wildman–Crippen MR) is 64.9 cm³/mol. The Morgan fingerprint density at radius 2 is 1.94 bits per heavy atom. The molecule has 1 fully saturated rings. The number of hydrogen-bond donors (Lipinski definition) is 1. The molecule has 17 heavy (non-hydrogen) atoms. The number of carbonyl (C=O) groups is 1. The summed E-state index contributed by atoms with van der Waals surface area (Å²) in [5.41, 5.74) is 0.835. The second-order valence-electron chi connectivity index (χ2n) is 4.70. The number of benzene rings is 1.